The van der Waals surface area contributed by atoms with Crippen molar-refractivity contribution in [1.82, 2.24) is 14.9 Å². The van der Waals surface area contributed by atoms with Gasteiger partial charge in [0.2, 0.25) is 5.91 Å². The summed E-state index contributed by atoms with van der Waals surface area (Å²) in [5, 5.41) is 4.17. The van der Waals surface area contributed by atoms with Gasteiger partial charge in [-0.25, -0.2) is 4.98 Å². The maximum absolute atomic E-state index is 13.0. The number of halogens is 1. The molecular weight excluding hydrogens is 418 g/mol. The number of rotatable bonds is 7. The van der Waals surface area contributed by atoms with Crippen molar-refractivity contribution in [2.24, 2.45) is 0 Å². The van der Waals surface area contributed by atoms with Gasteiger partial charge in [0.15, 0.2) is 5.16 Å². The number of fused-ring (bicyclic) bond motifs is 1. The van der Waals surface area contributed by atoms with Gasteiger partial charge in [-0.05, 0) is 50.5 Å². The molecule has 2 unspecified atom stereocenters. The van der Waals surface area contributed by atoms with Crippen LogP contribution in [-0.2, 0) is 4.79 Å². The summed E-state index contributed by atoms with van der Waals surface area (Å²) in [7, 11) is 0. The molecule has 7 heteroatoms. The van der Waals surface area contributed by atoms with E-state index in [1.807, 2.05) is 39.0 Å². The number of benzene rings is 2. The van der Waals surface area contributed by atoms with Crippen LogP contribution in [0.1, 0.15) is 45.2 Å². The van der Waals surface area contributed by atoms with Crippen LogP contribution in [0, 0.1) is 0 Å². The Kier molecular flexibility index (Phi) is 7.21. The first kappa shape index (κ1) is 22.4. The zero-order valence-corrected chi connectivity index (χ0v) is 19.1. The van der Waals surface area contributed by atoms with Crippen LogP contribution in [0.15, 0.2) is 58.5 Å². The number of thioether (sulfide) groups is 1. The summed E-state index contributed by atoms with van der Waals surface area (Å²) in [5.41, 5.74) is 1.59. The number of carbonyl (C=O) groups is 1. The molecule has 0 fully saturated rings. The van der Waals surface area contributed by atoms with Crippen molar-refractivity contribution in [3.8, 4) is 0 Å². The van der Waals surface area contributed by atoms with Crippen LogP contribution in [0.25, 0.3) is 10.9 Å². The van der Waals surface area contributed by atoms with E-state index in [1.54, 1.807) is 22.8 Å². The normalized spacial score (nSPS) is 13.4. The molecule has 5 nitrogen and oxygen atoms in total. The molecule has 0 aliphatic heterocycles. The van der Waals surface area contributed by atoms with Gasteiger partial charge in [-0.1, -0.05) is 60.6 Å². The van der Waals surface area contributed by atoms with E-state index in [-0.39, 0.29) is 23.4 Å². The van der Waals surface area contributed by atoms with E-state index in [0.717, 1.165) is 0 Å². The largest absolute Gasteiger partial charge is 0.355 e. The Labute approximate surface area is 185 Å². The fourth-order valence-electron chi connectivity index (χ4n) is 3.20. The van der Waals surface area contributed by atoms with Gasteiger partial charge in [0.1, 0.15) is 0 Å². The van der Waals surface area contributed by atoms with Gasteiger partial charge in [-0.2, -0.15) is 0 Å². The number of hydrogen-bond donors (Lipinski definition) is 1. The molecule has 0 saturated carbocycles. The smallest absolute Gasteiger partial charge is 0.262 e. The van der Waals surface area contributed by atoms with Gasteiger partial charge < -0.3 is 5.32 Å². The first-order valence-corrected chi connectivity index (χ1v) is 11.2. The lowest BCUT2D eigenvalue weighted by atomic mass is 10.0. The molecule has 1 heterocycles. The molecule has 1 amide bonds. The molecule has 0 aliphatic rings. The minimum Gasteiger partial charge on any atom is -0.355 e. The predicted molar refractivity (Wildman–Crippen MR) is 125 cm³/mol. The SMILES string of the molecule is CC(Sc1nc2cc(Cl)ccc2c(=O)n1C(C)C)C(=O)NCC(C)c1ccccc1. The zero-order chi connectivity index (χ0) is 21.8. The highest BCUT2D eigenvalue weighted by Gasteiger charge is 2.21. The first-order valence-electron chi connectivity index (χ1n) is 9.99. The Morgan fingerprint density at radius 3 is 2.50 bits per heavy atom. The molecule has 3 aromatic rings. The van der Waals surface area contributed by atoms with E-state index >= 15 is 0 Å². The molecule has 1 aromatic heterocycles. The van der Waals surface area contributed by atoms with Gasteiger partial charge in [-0.15, -0.1) is 0 Å². The molecule has 30 heavy (non-hydrogen) atoms. The fraction of sp³-hybridized carbons (Fsp3) is 0.348. The van der Waals surface area contributed by atoms with Crippen molar-refractivity contribution < 1.29 is 4.79 Å². The predicted octanol–water partition coefficient (Wildman–Crippen LogP) is 5.03. The van der Waals surface area contributed by atoms with Crippen molar-refractivity contribution in [3.63, 3.8) is 0 Å². The number of hydrogen-bond acceptors (Lipinski definition) is 4. The second kappa shape index (κ2) is 9.67. The highest BCUT2D eigenvalue weighted by Crippen LogP contribution is 2.26. The summed E-state index contributed by atoms with van der Waals surface area (Å²) in [5.74, 6) is 0.126. The Hall–Kier alpha value is -2.31. The summed E-state index contributed by atoms with van der Waals surface area (Å²) in [6.07, 6.45) is 0. The van der Waals surface area contributed by atoms with Crippen molar-refractivity contribution in [2.45, 2.75) is 50.1 Å². The second-order valence-corrected chi connectivity index (χ2v) is 9.39. The van der Waals surface area contributed by atoms with E-state index in [9.17, 15) is 9.59 Å². The lowest BCUT2D eigenvalue weighted by Crippen LogP contribution is -2.34. The van der Waals surface area contributed by atoms with Crippen molar-refractivity contribution in [2.75, 3.05) is 6.54 Å². The van der Waals surface area contributed by atoms with Gasteiger partial charge in [0.05, 0.1) is 16.2 Å². The quantitative estimate of drug-likeness (QED) is 0.410. The van der Waals surface area contributed by atoms with Gasteiger partial charge in [0.25, 0.3) is 5.56 Å². The zero-order valence-electron chi connectivity index (χ0n) is 17.6. The standard InChI is InChI=1S/C23H26ClN3O2S/c1-14(2)27-22(29)19-11-10-18(24)12-20(19)26-23(27)30-16(4)21(28)25-13-15(3)17-8-6-5-7-9-17/h5-12,14-16H,13H2,1-4H3,(H,25,28). The van der Waals surface area contributed by atoms with Crippen molar-refractivity contribution in [3.05, 3.63) is 69.5 Å². The Bertz CT molecular complexity index is 1100. The number of carbonyl (C=O) groups excluding carboxylic acids is 1. The topological polar surface area (TPSA) is 64.0 Å². The second-order valence-electron chi connectivity index (χ2n) is 7.64. The molecule has 0 spiro atoms. The average Bonchev–Trinajstić information content (AvgIpc) is 2.71. The average molecular weight is 444 g/mol. The molecule has 0 radical (unpaired) electrons. The van der Waals surface area contributed by atoms with Crippen molar-refractivity contribution >= 4 is 40.2 Å². The van der Waals surface area contributed by atoms with E-state index in [0.29, 0.717) is 27.6 Å². The summed E-state index contributed by atoms with van der Waals surface area (Å²) in [4.78, 5) is 30.3. The number of nitrogens with one attached hydrogen (secondary N) is 1. The molecule has 0 aliphatic carbocycles. The number of nitrogens with zero attached hydrogens (tertiary/aromatic N) is 2. The number of aromatic nitrogens is 2. The number of amides is 1. The maximum Gasteiger partial charge on any atom is 0.262 e. The van der Waals surface area contributed by atoms with Gasteiger partial charge in [-0.3, -0.25) is 14.2 Å². The minimum absolute atomic E-state index is 0.0825. The van der Waals surface area contributed by atoms with E-state index in [2.05, 4.69) is 29.4 Å². The molecule has 0 saturated heterocycles. The van der Waals surface area contributed by atoms with Gasteiger partial charge >= 0.3 is 0 Å². The third kappa shape index (κ3) is 5.05. The van der Waals surface area contributed by atoms with Crippen LogP contribution in [0.4, 0.5) is 0 Å². The van der Waals surface area contributed by atoms with Crippen LogP contribution < -0.4 is 10.9 Å². The lowest BCUT2D eigenvalue weighted by Gasteiger charge is -2.19. The van der Waals surface area contributed by atoms with E-state index in [4.69, 9.17) is 11.6 Å². The molecule has 2 atom stereocenters. The van der Waals surface area contributed by atoms with Crippen LogP contribution >= 0.6 is 23.4 Å². The summed E-state index contributed by atoms with van der Waals surface area (Å²) in [6.45, 7) is 8.32. The van der Waals surface area contributed by atoms with Crippen molar-refractivity contribution in [1.29, 1.82) is 0 Å². The third-order valence-electron chi connectivity index (χ3n) is 4.95. The van der Waals surface area contributed by atoms with Gasteiger partial charge in [0, 0.05) is 17.6 Å². The molecule has 0 bridgehead atoms. The Morgan fingerprint density at radius 1 is 1.13 bits per heavy atom. The molecule has 2 aromatic carbocycles. The summed E-state index contributed by atoms with van der Waals surface area (Å²) < 4.78 is 1.64. The Morgan fingerprint density at radius 2 is 1.83 bits per heavy atom. The van der Waals surface area contributed by atoms with Crippen LogP contribution in [0.3, 0.4) is 0 Å². The fourth-order valence-corrected chi connectivity index (χ4v) is 4.43. The summed E-state index contributed by atoms with van der Waals surface area (Å²) in [6, 6.07) is 15.1. The van der Waals surface area contributed by atoms with E-state index in [1.165, 1.54) is 17.3 Å². The highest BCUT2D eigenvalue weighted by atomic mass is 35.5. The van der Waals surface area contributed by atoms with Crippen LogP contribution in [-0.4, -0.2) is 27.3 Å². The van der Waals surface area contributed by atoms with Crippen LogP contribution in [0.5, 0.6) is 0 Å². The molecule has 3 rings (SSSR count). The Balaban J connectivity index is 1.78. The maximum atomic E-state index is 13.0. The van der Waals surface area contributed by atoms with E-state index < -0.39 is 5.25 Å². The monoisotopic (exact) mass is 443 g/mol. The summed E-state index contributed by atoms with van der Waals surface area (Å²) >= 11 is 7.37. The molecule has 1 N–H and O–H groups in total. The van der Waals surface area contributed by atoms with Crippen LogP contribution in [0.2, 0.25) is 5.02 Å². The highest BCUT2D eigenvalue weighted by molar-refractivity contribution is 8.00. The first-order chi connectivity index (χ1) is 14.3. The molecule has 158 valence electrons. The lowest BCUT2D eigenvalue weighted by molar-refractivity contribution is -0.120. The molecular formula is C23H26ClN3O2S. The minimum atomic E-state index is -0.401. The third-order valence-corrected chi connectivity index (χ3v) is 6.25.